The summed E-state index contributed by atoms with van der Waals surface area (Å²) in [6, 6.07) is 4.43. The van der Waals surface area contributed by atoms with Crippen molar-refractivity contribution in [3.05, 3.63) is 33.8 Å². The molecule has 1 aromatic heterocycles. The van der Waals surface area contributed by atoms with Gasteiger partial charge in [-0.1, -0.05) is 41.0 Å². The van der Waals surface area contributed by atoms with Crippen molar-refractivity contribution in [3.8, 4) is 0 Å². The molecule has 2 fully saturated rings. The van der Waals surface area contributed by atoms with Crippen molar-refractivity contribution in [2.75, 3.05) is 5.32 Å². The van der Waals surface area contributed by atoms with E-state index in [0.717, 1.165) is 30.6 Å². The van der Waals surface area contributed by atoms with Gasteiger partial charge in [0, 0.05) is 11.1 Å². The normalized spacial score (nSPS) is 24.3. The summed E-state index contributed by atoms with van der Waals surface area (Å²) < 4.78 is 27.7. The lowest BCUT2D eigenvalue weighted by atomic mass is 9.96. The Kier molecular flexibility index (Phi) is 5.15. The number of amides is 1. The molecule has 4 rings (SSSR count). The average Bonchev–Trinajstić information content (AvgIpc) is 3.31. The molecule has 2 aromatic rings. The Bertz CT molecular complexity index is 995. The number of hydrogen-bond acceptors (Lipinski definition) is 6. The van der Waals surface area contributed by atoms with Crippen LogP contribution in [0, 0.1) is 11.8 Å². The summed E-state index contributed by atoms with van der Waals surface area (Å²) in [6.07, 6.45) is 4.22. The molecule has 3 atom stereocenters. The molecule has 2 N–H and O–H groups in total. The molecule has 1 heterocycles. The van der Waals surface area contributed by atoms with Crippen molar-refractivity contribution in [1.29, 1.82) is 0 Å². The maximum absolute atomic E-state index is 12.6. The fraction of sp³-hybridized carbons (Fsp3) is 0.438. The van der Waals surface area contributed by atoms with Crippen LogP contribution < -0.4 is 10.0 Å². The Morgan fingerprint density at radius 2 is 2.00 bits per heavy atom. The number of aromatic nitrogens is 2. The fourth-order valence-corrected chi connectivity index (χ4v) is 6.57. The number of halogens is 2. The highest BCUT2D eigenvalue weighted by atomic mass is 35.5. The Morgan fingerprint density at radius 1 is 1.19 bits per heavy atom. The first-order valence-electron chi connectivity index (χ1n) is 8.44. The van der Waals surface area contributed by atoms with Crippen LogP contribution in [0.3, 0.4) is 0 Å². The molecular formula is C16H16Cl2N4O3S2. The van der Waals surface area contributed by atoms with Crippen LogP contribution in [0.5, 0.6) is 0 Å². The van der Waals surface area contributed by atoms with Gasteiger partial charge in [-0.05, 0) is 49.3 Å². The molecule has 0 saturated heterocycles. The predicted octanol–water partition coefficient (Wildman–Crippen LogP) is 3.56. The molecule has 2 aliphatic carbocycles. The van der Waals surface area contributed by atoms with Gasteiger partial charge < -0.3 is 0 Å². The number of benzene rings is 1. The molecular weight excluding hydrogens is 431 g/mol. The third-order valence-corrected chi connectivity index (χ3v) is 8.32. The van der Waals surface area contributed by atoms with Crippen molar-refractivity contribution >= 4 is 55.6 Å². The zero-order valence-electron chi connectivity index (χ0n) is 14.0. The monoisotopic (exact) mass is 446 g/mol. The molecule has 144 valence electrons. The number of rotatable bonds is 5. The second-order valence-electron chi connectivity index (χ2n) is 6.85. The molecule has 0 spiro atoms. The lowest BCUT2D eigenvalue weighted by molar-refractivity contribution is 0.102. The quantitative estimate of drug-likeness (QED) is 0.683. The maximum atomic E-state index is 12.6. The molecule has 2 saturated carbocycles. The van der Waals surface area contributed by atoms with Gasteiger partial charge >= 0.3 is 0 Å². The lowest BCUT2D eigenvalue weighted by Gasteiger charge is -2.21. The van der Waals surface area contributed by atoms with E-state index < -0.39 is 15.9 Å². The largest absolute Gasteiger partial charge is 0.296 e. The van der Waals surface area contributed by atoms with Crippen molar-refractivity contribution in [2.45, 2.75) is 36.1 Å². The number of hydrogen-bond donors (Lipinski definition) is 2. The third kappa shape index (κ3) is 3.97. The van der Waals surface area contributed by atoms with E-state index in [2.05, 4.69) is 20.2 Å². The van der Waals surface area contributed by atoms with Crippen LogP contribution in [0.15, 0.2) is 22.5 Å². The van der Waals surface area contributed by atoms with Gasteiger partial charge in [-0.15, -0.1) is 10.2 Å². The molecule has 1 aromatic carbocycles. The number of fused-ring (bicyclic) bond motifs is 2. The van der Waals surface area contributed by atoms with Crippen LogP contribution in [0.1, 0.15) is 36.0 Å². The standard InChI is InChI=1S/C16H16Cl2N4O3S2/c17-10-3-4-11(12(18)7-10)14(23)19-15-20-21-16(26-15)27(24,25)22-13-6-8-1-2-9(13)5-8/h3-4,7-9,13,22H,1-2,5-6H2,(H,19,20,23)/t8-,9-,13-/m0/s1. The van der Waals surface area contributed by atoms with E-state index in [0.29, 0.717) is 16.9 Å². The summed E-state index contributed by atoms with van der Waals surface area (Å²) in [7, 11) is -3.76. The SMILES string of the molecule is O=C(Nc1nnc(S(=O)(=O)N[C@H]2C[C@H]3CC[C@H]2C3)s1)c1ccc(Cl)cc1Cl. The zero-order chi connectivity index (χ0) is 19.2. The van der Waals surface area contributed by atoms with Gasteiger partial charge in [0.15, 0.2) is 0 Å². The van der Waals surface area contributed by atoms with Crippen molar-refractivity contribution in [2.24, 2.45) is 11.8 Å². The van der Waals surface area contributed by atoms with Gasteiger partial charge in [0.1, 0.15) is 0 Å². The molecule has 27 heavy (non-hydrogen) atoms. The number of carbonyl (C=O) groups excluding carboxylic acids is 1. The number of sulfonamides is 1. The highest BCUT2D eigenvalue weighted by Crippen LogP contribution is 2.44. The highest BCUT2D eigenvalue weighted by molar-refractivity contribution is 7.91. The smallest absolute Gasteiger partial charge is 0.270 e. The van der Waals surface area contributed by atoms with Gasteiger partial charge in [-0.2, -0.15) is 0 Å². The van der Waals surface area contributed by atoms with E-state index in [4.69, 9.17) is 23.2 Å². The molecule has 0 radical (unpaired) electrons. The minimum atomic E-state index is -3.76. The molecule has 2 bridgehead atoms. The molecule has 0 aliphatic heterocycles. The first kappa shape index (κ1) is 19.1. The van der Waals surface area contributed by atoms with Crippen molar-refractivity contribution < 1.29 is 13.2 Å². The summed E-state index contributed by atoms with van der Waals surface area (Å²) in [5.74, 6) is 0.512. The molecule has 2 aliphatic rings. The molecule has 7 nitrogen and oxygen atoms in total. The number of nitrogens with one attached hydrogen (secondary N) is 2. The lowest BCUT2D eigenvalue weighted by Crippen LogP contribution is -2.38. The molecule has 11 heteroatoms. The average molecular weight is 447 g/mol. The van der Waals surface area contributed by atoms with Gasteiger partial charge in [0.05, 0.1) is 10.6 Å². The topological polar surface area (TPSA) is 101 Å². The summed E-state index contributed by atoms with van der Waals surface area (Å²) in [5, 5.41) is 10.7. The number of nitrogens with zero attached hydrogens (tertiary/aromatic N) is 2. The Hall–Kier alpha value is -1.26. The summed E-state index contributed by atoms with van der Waals surface area (Å²) in [5.41, 5.74) is 0.209. The van der Waals surface area contributed by atoms with E-state index in [-0.39, 0.29) is 26.1 Å². The van der Waals surface area contributed by atoms with Gasteiger partial charge in [0.25, 0.3) is 15.9 Å². The van der Waals surface area contributed by atoms with Crippen LogP contribution in [0.2, 0.25) is 10.0 Å². The fourth-order valence-electron chi connectivity index (χ4n) is 3.85. The van der Waals surface area contributed by atoms with Gasteiger partial charge in [0.2, 0.25) is 9.47 Å². The van der Waals surface area contributed by atoms with Crippen LogP contribution in [-0.2, 0) is 10.0 Å². The third-order valence-electron chi connectivity index (χ3n) is 5.08. The Labute approximate surface area is 170 Å². The molecule has 0 unspecified atom stereocenters. The minimum absolute atomic E-state index is 0.0384. The number of carbonyl (C=O) groups is 1. The maximum Gasteiger partial charge on any atom is 0.270 e. The van der Waals surface area contributed by atoms with Gasteiger partial charge in [-0.3, -0.25) is 10.1 Å². The van der Waals surface area contributed by atoms with Crippen LogP contribution in [-0.4, -0.2) is 30.6 Å². The van der Waals surface area contributed by atoms with Crippen LogP contribution >= 0.6 is 34.5 Å². The van der Waals surface area contributed by atoms with Gasteiger partial charge in [-0.25, -0.2) is 13.1 Å². The first-order chi connectivity index (χ1) is 12.8. The highest BCUT2D eigenvalue weighted by Gasteiger charge is 2.41. The Morgan fingerprint density at radius 3 is 2.67 bits per heavy atom. The van der Waals surface area contributed by atoms with E-state index in [1.54, 1.807) is 0 Å². The van der Waals surface area contributed by atoms with E-state index in [1.165, 1.54) is 24.6 Å². The van der Waals surface area contributed by atoms with Crippen LogP contribution in [0.25, 0.3) is 0 Å². The summed E-state index contributed by atoms with van der Waals surface area (Å²) >= 11 is 12.6. The summed E-state index contributed by atoms with van der Waals surface area (Å²) in [4.78, 5) is 12.3. The zero-order valence-corrected chi connectivity index (χ0v) is 17.1. The number of anilines is 1. The van der Waals surface area contributed by atoms with E-state index in [1.807, 2.05) is 0 Å². The Balaban J connectivity index is 1.45. The van der Waals surface area contributed by atoms with Crippen LogP contribution in [0.4, 0.5) is 5.13 Å². The minimum Gasteiger partial charge on any atom is -0.296 e. The second-order valence-corrected chi connectivity index (χ2v) is 10.6. The predicted molar refractivity (Wildman–Crippen MR) is 104 cm³/mol. The summed E-state index contributed by atoms with van der Waals surface area (Å²) in [6.45, 7) is 0. The molecule has 1 amide bonds. The van der Waals surface area contributed by atoms with Crippen molar-refractivity contribution in [1.82, 2.24) is 14.9 Å². The van der Waals surface area contributed by atoms with E-state index >= 15 is 0 Å². The second kappa shape index (κ2) is 7.29. The van der Waals surface area contributed by atoms with E-state index in [9.17, 15) is 13.2 Å². The first-order valence-corrected chi connectivity index (χ1v) is 11.5. The van der Waals surface area contributed by atoms with Crippen molar-refractivity contribution in [3.63, 3.8) is 0 Å².